The van der Waals surface area contributed by atoms with Gasteiger partial charge in [0.2, 0.25) is 0 Å². The minimum atomic E-state index is -0.935. The highest BCUT2D eigenvalue weighted by Crippen LogP contribution is 2.29. The fourth-order valence-electron chi connectivity index (χ4n) is 3.11. The molecular formula is C19H31N3O3S. The third-order valence-electron chi connectivity index (χ3n) is 4.91. The quantitative estimate of drug-likeness (QED) is 0.634. The molecule has 1 unspecified atom stereocenters. The Morgan fingerprint density at radius 1 is 1.31 bits per heavy atom. The van der Waals surface area contributed by atoms with Gasteiger partial charge in [0.25, 0.3) is 0 Å². The summed E-state index contributed by atoms with van der Waals surface area (Å²) in [7, 11) is 1.71. The zero-order valence-corrected chi connectivity index (χ0v) is 16.8. The van der Waals surface area contributed by atoms with E-state index in [1.807, 2.05) is 32.0 Å². The van der Waals surface area contributed by atoms with Gasteiger partial charge in [0.1, 0.15) is 11.8 Å². The molecule has 1 fully saturated rings. The first-order valence-corrected chi connectivity index (χ1v) is 10.1. The standard InChI is InChI=1S/C19H31N3O3S/c1-19(2,17(20)18(23)24)26-14-6-9-21-10-12-22(13-11-21)15-7-4-5-8-16(15)25-3/h4-5,7-8,17H,6,9-14,20H2,1-3H3,(H,23,24). The Bertz CT molecular complexity index is 589. The Labute approximate surface area is 160 Å². The van der Waals surface area contributed by atoms with Crippen LogP contribution in [0.1, 0.15) is 20.3 Å². The van der Waals surface area contributed by atoms with Crippen molar-refractivity contribution >= 4 is 23.4 Å². The SMILES string of the molecule is COc1ccccc1N1CCN(CCCSC(C)(C)C(N)C(=O)O)CC1. The van der Waals surface area contributed by atoms with Crippen LogP contribution in [-0.2, 0) is 4.79 Å². The normalized spacial score (nSPS) is 17.2. The number of nitrogens with two attached hydrogens (primary N) is 1. The zero-order valence-electron chi connectivity index (χ0n) is 16.0. The highest BCUT2D eigenvalue weighted by atomic mass is 32.2. The molecule has 0 aromatic heterocycles. The molecule has 0 bridgehead atoms. The van der Waals surface area contributed by atoms with E-state index < -0.39 is 16.8 Å². The van der Waals surface area contributed by atoms with E-state index in [2.05, 4.69) is 15.9 Å². The summed E-state index contributed by atoms with van der Waals surface area (Å²) in [4.78, 5) is 15.9. The molecule has 6 nitrogen and oxygen atoms in total. The highest BCUT2D eigenvalue weighted by Gasteiger charge is 2.32. The van der Waals surface area contributed by atoms with Crippen molar-refractivity contribution in [1.82, 2.24) is 4.90 Å². The Balaban J connectivity index is 1.72. The number of benzene rings is 1. The number of nitrogens with zero attached hydrogens (tertiary/aromatic N) is 2. The molecule has 0 aliphatic carbocycles. The molecule has 1 saturated heterocycles. The maximum Gasteiger partial charge on any atom is 0.321 e. The number of hydrogen-bond donors (Lipinski definition) is 2. The van der Waals surface area contributed by atoms with E-state index in [0.29, 0.717) is 0 Å². The maximum absolute atomic E-state index is 11.1. The van der Waals surface area contributed by atoms with Gasteiger partial charge in [0.15, 0.2) is 0 Å². The van der Waals surface area contributed by atoms with Crippen LogP contribution in [0.25, 0.3) is 0 Å². The minimum absolute atomic E-state index is 0.450. The maximum atomic E-state index is 11.1. The lowest BCUT2D eigenvalue weighted by atomic mass is 10.1. The van der Waals surface area contributed by atoms with E-state index in [4.69, 9.17) is 15.6 Å². The lowest BCUT2D eigenvalue weighted by Gasteiger charge is -2.36. The first kappa shape index (κ1) is 20.9. The average Bonchev–Trinajstić information content (AvgIpc) is 2.65. The van der Waals surface area contributed by atoms with Crippen LogP contribution in [-0.4, -0.2) is 72.4 Å². The Morgan fingerprint density at radius 3 is 2.58 bits per heavy atom. The second-order valence-corrected chi connectivity index (χ2v) is 8.87. The summed E-state index contributed by atoms with van der Waals surface area (Å²) in [6, 6.07) is 7.32. The van der Waals surface area contributed by atoms with Gasteiger partial charge in [-0.25, -0.2) is 0 Å². The zero-order chi connectivity index (χ0) is 19.2. The molecule has 2 rings (SSSR count). The first-order chi connectivity index (χ1) is 12.3. The van der Waals surface area contributed by atoms with Gasteiger partial charge in [0.05, 0.1) is 12.8 Å². The predicted octanol–water partition coefficient (Wildman–Crippen LogP) is 2.13. The van der Waals surface area contributed by atoms with Gasteiger partial charge in [-0.05, 0) is 44.7 Å². The average molecular weight is 382 g/mol. The van der Waals surface area contributed by atoms with E-state index in [1.165, 1.54) is 0 Å². The molecule has 3 N–H and O–H groups in total. The molecule has 1 aliphatic heterocycles. The molecule has 0 spiro atoms. The number of carboxylic acids is 1. The number of hydrogen-bond acceptors (Lipinski definition) is 6. The third-order valence-corrected chi connectivity index (χ3v) is 6.40. The van der Waals surface area contributed by atoms with Gasteiger partial charge in [0, 0.05) is 30.9 Å². The molecule has 1 heterocycles. The summed E-state index contributed by atoms with van der Waals surface area (Å²) >= 11 is 1.65. The summed E-state index contributed by atoms with van der Waals surface area (Å²) in [6.07, 6.45) is 1.04. The monoisotopic (exact) mass is 381 g/mol. The van der Waals surface area contributed by atoms with Gasteiger partial charge >= 0.3 is 5.97 Å². The van der Waals surface area contributed by atoms with Gasteiger partial charge in [-0.3, -0.25) is 9.69 Å². The summed E-state index contributed by atoms with van der Waals surface area (Å²) in [5.74, 6) is 0.907. The number of aliphatic carboxylic acids is 1. The molecule has 146 valence electrons. The van der Waals surface area contributed by atoms with Crippen molar-refractivity contribution in [3.8, 4) is 5.75 Å². The summed E-state index contributed by atoms with van der Waals surface area (Å²) in [5.41, 5.74) is 6.93. The molecular weight excluding hydrogens is 350 g/mol. The number of carbonyl (C=O) groups is 1. The number of rotatable bonds is 9. The molecule has 0 amide bonds. The summed E-state index contributed by atoms with van der Waals surface area (Å²) in [5, 5.41) is 9.07. The lowest BCUT2D eigenvalue weighted by Crippen LogP contribution is -2.47. The van der Waals surface area contributed by atoms with Crippen molar-refractivity contribution in [2.45, 2.75) is 31.1 Å². The van der Waals surface area contributed by atoms with E-state index in [9.17, 15) is 4.79 Å². The van der Waals surface area contributed by atoms with E-state index in [0.717, 1.165) is 56.3 Å². The van der Waals surface area contributed by atoms with Crippen molar-refractivity contribution in [3.63, 3.8) is 0 Å². The van der Waals surface area contributed by atoms with Crippen molar-refractivity contribution in [2.75, 3.05) is 50.5 Å². The molecule has 1 aliphatic rings. The number of carboxylic acid groups (broad SMARTS) is 1. The number of thioether (sulfide) groups is 1. The van der Waals surface area contributed by atoms with E-state index >= 15 is 0 Å². The van der Waals surface area contributed by atoms with E-state index in [-0.39, 0.29) is 0 Å². The topological polar surface area (TPSA) is 79.0 Å². The van der Waals surface area contributed by atoms with Gasteiger partial charge in [-0.2, -0.15) is 11.8 Å². The van der Waals surface area contributed by atoms with Gasteiger partial charge in [-0.1, -0.05) is 12.1 Å². The van der Waals surface area contributed by atoms with Gasteiger partial charge < -0.3 is 20.5 Å². The fraction of sp³-hybridized carbons (Fsp3) is 0.632. The van der Waals surface area contributed by atoms with Crippen molar-refractivity contribution < 1.29 is 14.6 Å². The Morgan fingerprint density at radius 2 is 1.96 bits per heavy atom. The van der Waals surface area contributed by atoms with Crippen LogP contribution in [0.15, 0.2) is 24.3 Å². The molecule has 1 aromatic carbocycles. The summed E-state index contributed by atoms with van der Waals surface area (Å²) in [6.45, 7) is 8.88. The molecule has 0 saturated carbocycles. The molecule has 26 heavy (non-hydrogen) atoms. The van der Waals surface area contributed by atoms with Crippen molar-refractivity contribution in [2.24, 2.45) is 5.73 Å². The number of anilines is 1. The fourth-order valence-corrected chi connectivity index (χ4v) is 4.19. The van der Waals surface area contributed by atoms with Crippen molar-refractivity contribution in [1.29, 1.82) is 0 Å². The number of methoxy groups -OCH3 is 1. The Kier molecular flexibility index (Phi) is 7.61. The number of piperazine rings is 1. The van der Waals surface area contributed by atoms with Crippen LogP contribution in [0.3, 0.4) is 0 Å². The number of ether oxygens (including phenoxy) is 1. The van der Waals surface area contributed by atoms with Crippen LogP contribution in [0.2, 0.25) is 0 Å². The van der Waals surface area contributed by atoms with Gasteiger partial charge in [-0.15, -0.1) is 0 Å². The largest absolute Gasteiger partial charge is 0.495 e. The smallest absolute Gasteiger partial charge is 0.321 e. The predicted molar refractivity (Wildman–Crippen MR) is 108 cm³/mol. The first-order valence-electron chi connectivity index (χ1n) is 9.08. The summed E-state index contributed by atoms with van der Waals surface area (Å²) < 4.78 is 5.01. The van der Waals surface area contributed by atoms with Crippen LogP contribution in [0.5, 0.6) is 5.75 Å². The second-order valence-electron chi connectivity index (χ2n) is 7.12. The molecule has 1 aromatic rings. The van der Waals surface area contributed by atoms with E-state index in [1.54, 1.807) is 18.9 Å². The number of para-hydroxylation sites is 2. The highest BCUT2D eigenvalue weighted by molar-refractivity contribution is 8.00. The second kappa shape index (κ2) is 9.48. The minimum Gasteiger partial charge on any atom is -0.495 e. The van der Waals surface area contributed by atoms with Crippen LogP contribution in [0.4, 0.5) is 5.69 Å². The lowest BCUT2D eigenvalue weighted by molar-refractivity contribution is -0.139. The Hall–Kier alpha value is -1.44. The van der Waals surface area contributed by atoms with Crippen LogP contribution < -0.4 is 15.4 Å². The van der Waals surface area contributed by atoms with Crippen LogP contribution in [0, 0.1) is 0 Å². The van der Waals surface area contributed by atoms with Crippen LogP contribution >= 0.6 is 11.8 Å². The van der Waals surface area contributed by atoms with Crippen molar-refractivity contribution in [3.05, 3.63) is 24.3 Å². The molecule has 1 atom stereocenters. The molecule has 0 radical (unpaired) electrons. The molecule has 7 heteroatoms. The third kappa shape index (κ3) is 5.53.